The molecule has 6 nitrogen and oxygen atoms in total. The molecule has 1 aliphatic heterocycles. The topological polar surface area (TPSA) is 79.5 Å². The van der Waals surface area contributed by atoms with Gasteiger partial charge in [0.1, 0.15) is 5.75 Å². The van der Waals surface area contributed by atoms with E-state index in [0.29, 0.717) is 23.7 Å². The largest absolute Gasteiger partial charge is 0.495 e. The monoisotopic (exact) mass is 291 g/mol. The van der Waals surface area contributed by atoms with E-state index in [9.17, 15) is 9.59 Å². The number of ether oxygens (including phenoxy) is 1. The molecule has 1 atom stereocenters. The molecule has 1 saturated heterocycles. The molecular weight excluding hydrogens is 270 g/mol. The van der Waals surface area contributed by atoms with Crippen LogP contribution in [0.15, 0.2) is 18.2 Å². The van der Waals surface area contributed by atoms with E-state index in [4.69, 9.17) is 4.74 Å². The predicted molar refractivity (Wildman–Crippen MR) is 81.5 cm³/mol. The van der Waals surface area contributed by atoms with E-state index in [2.05, 4.69) is 16.0 Å². The molecule has 1 unspecified atom stereocenters. The maximum Gasteiger partial charge on any atom is 0.231 e. The molecule has 6 heteroatoms. The summed E-state index contributed by atoms with van der Waals surface area (Å²) in [4.78, 5) is 23.6. The molecule has 114 valence electrons. The second-order valence-corrected chi connectivity index (χ2v) is 5.54. The molecule has 3 N–H and O–H groups in total. The van der Waals surface area contributed by atoms with Crippen molar-refractivity contribution in [3.05, 3.63) is 18.2 Å². The van der Waals surface area contributed by atoms with Gasteiger partial charge >= 0.3 is 0 Å². The third-order valence-corrected chi connectivity index (χ3v) is 3.68. The number of rotatable bonds is 4. The molecule has 0 aliphatic carbocycles. The van der Waals surface area contributed by atoms with Crippen molar-refractivity contribution in [2.75, 3.05) is 30.8 Å². The maximum absolute atomic E-state index is 12.4. The van der Waals surface area contributed by atoms with Gasteiger partial charge in [0.2, 0.25) is 11.8 Å². The predicted octanol–water partition coefficient (Wildman–Crippen LogP) is 1.59. The molecule has 0 aromatic heterocycles. The second-order valence-electron chi connectivity index (χ2n) is 5.54. The molecule has 0 spiro atoms. The summed E-state index contributed by atoms with van der Waals surface area (Å²) in [6, 6.07) is 5.15. The Morgan fingerprint density at radius 2 is 2.10 bits per heavy atom. The minimum Gasteiger partial charge on any atom is -0.495 e. The summed E-state index contributed by atoms with van der Waals surface area (Å²) in [5.41, 5.74) is 0.754. The van der Waals surface area contributed by atoms with Crippen molar-refractivity contribution < 1.29 is 14.3 Å². The highest BCUT2D eigenvalue weighted by Crippen LogP contribution is 2.31. The highest BCUT2D eigenvalue weighted by Gasteiger charge is 2.36. The zero-order chi connectivity index (χ0) is 15.5. The summed E-state index contributed by atoms with van der Waals surface area (Å²) >= 11 is 0. The fraction of sp³-hybridized carbons (Fsp3) is 0.467. The van der Waals surface area contributed by atoms with Gasteiger partial charge in [0.05, 0.1) is 18.2 Å². The minimum atomic E-state index is -0.422. The maximum atomic E-state index is 12.4. The van der Waals surface area contributed by atoms with E-state index >= 15 is 0 Å². The number of carbonyl (C=O) groups is 2. The average molecular weight is 291 g/mol. The number of amides is 2. The Labute approximate surface area is 124 Å². The Morgan fingerprint density at radius 1 is 1.33 bits per heavy atom. The van der Waals surface area contributed by atoms with Gasteiger partial charge in [-0.2, -0.15) is 0 Å². The fourth-order valence-electron chi connectivity index (χ4n) is 2.37. The van der Waals surface area contributed by atoms with Crippen LogP contribution in [0.1, 0.15) is 20.3 Å². The Morgan fingerprint density at radius 3 is 2.67 bits per heavy atom. The summed E-state index contributed by atoms with van der Waals surface area (Å²) in [7, 11) is 1.54. The van der Waals surface area contributed by atoms with E-state index in [1.165, 1.54) is 6.92 Å². The van der Waals surface area contributed by atoms with Crippen molar-refractivity contribution in [1.82, 2.24) is 5.32 Å². The van der Waals surface area contributed by atoms with Crippen molar-refractivity contribution in [2.24, 2.45) is 5.41 Å². The summed E-state index contributed by atoms with van der Waals surface area (Å²) in [6.45, 7) is 4.87. The summed E-state index contributed by atoms with van der Waals surface area (Å²) in [5.74, 6) is 0.349. The molecule has 1 aromatic carbocycles. The third-order valence-electron chi connectivity index (χ3n) is 3.68. The van der Waals surface area contributed by atoms with Crippen LogP contribution in [0.2, 0.25) is 0 Å². The van der Waals surface area contributed by atoms with Gasteiger partial charge in [-0.15, -0.1) is 0 Å². The number of nitrogens with one attached hydrogen (secondary N) is 3. The Kier molecular flexibility index (Phi) is 4.47. The molecule has 1 fully saturated rings. The van der Waals surface area contributed by atoms with Crippen LogP contribution in [0.4, 0.5) is 11.4 Å². The number of hydrogen-bond donors (Lipinski definition) is 3. The fourth-order valence-corrected chi connectivity index (χ4v) is 2.37. The molecule has 0 saturated carbocycles. The molecule has 2 rings (SSSR count). The Balaban J connectivity index is 2.20. The van der Waals surface area contributed by atoms with Gasteiger partial charge in [0.25, 0.3) is 0 Å². The van der Waals surface area contributed by atoms with Gasteiger partial charge in [-0.3, -0.25) is 9.59 Å². The lowest BCUT2D eigenvalue weighted by Gasteiger charge is -2.22. The first-order valence-corrected chi connectivity index (χ1v) is 6.92. The Bertz CT molecular complexity index is 551. The van der Waals surface area contributed by atoms with Crippen LogP contribution in [0.25, 0.3) is 0 Å². The lowest BCUT2D eigenvalue weighted by atomic mass is 9.88. The molecule has 1 heterocycles. The van der Waals surface area contributed by atoms with Gasteiger partial charge in [-0.05, 0) is 38.1 Å². The van der Waals surface area contributed by atoms with Crippen molar-refractivity contribution in [3.63, 3.8) is 0 Å². The van der Waals surface area contributed by atoms with Crippen molar-refractivity contribution in [3.8, 4) is 5.75 Å². The molecular formula is C15H21N3O3. The van der Waals surface area contributed by atoms with Crippen LogP contribution >= 0.6 is 0 Å². The highest BCUT2D eigenvalue weighted by molar-refractivity contribution is 5.98. The quantitative estimate of drug-likeness (QED) is 0.787. The first-order chi connectivity index (χ1) is 9.94. The van der Waals surface area contributed by atoms with Gasteiger partial charge in [0, 0.05) is 19.2 Å². The van der Waals surface area contributed by atoms with Gasteiger partial charge in [-0.25, -0.2) is 0 Å². The zero-order valence-electron chi connectivity index (χ0n) is 12.6. The van der Waals surface area contributed by atoms with Crippen LogP contribution in [-0.4, -0.2) is 32.0 Å². The number of carbonyl (C=O) groups excluding carboxylic acids is 2. The normalized spacial score (nSPS) is 20.9. The van der Waals surface area contributed by atoms with Gasteiger partial charge in [-0.1, -0.05) is 0 Å². The highest BCUT2D eigenvalue weighted by atomic mass is 16.5. The molecule has 21 heavy (non-hydrogen) atoms. The lowest BCUT2D eigenvalue weighted by Crippen LogP contribution is -2.35. The number of methoxy groups -OCH3 is 1. The molecule has 0 bridgehead atoms. The Hall–Kier alpha value is -2.08. The van der Waals surface area contributed by atoms with E-state index < -0.39 is 5.41 Å². The SMILES string of the molecule is COc1ccc(NC(C)=O)cc1NC(=O)C1(C)CCNC1. The lowest BCUT2D eigenvalue weighted by molar-refractivity contribution is -0.123. The van der Waals surface area contributed by atoms with Crippen molar-refractivity contribution >= 4 is 23.2 Å². The molecule has 1 aliphatic rings. The summed E-state index contributed by atoms with van der Waals surface area (Å²) in [5, 5.41) is 8.79. The van der Waals surface area contributed by atoms with Crippen molar-refractivity contribution in [1.29, 1.82) is 0 Å². The number of benzene rings is 1. The third kappa shape index (κ3) is 3.52. The van der Waals surface area contributed by atoms with Crippen LogP contribution < -0.4 is 20.7 Å². The van der Waals surface area contributed by atoms with E-state index in [1.54, 1.807) is 25.3 Å². The molecule has 0 radical (unpaired) electrons. The van der Waals surface area contributed by atoms with Crippen LogP contribution in [0, 0.1) is 5.41 Å². The smallest absolute Gasteiger partial charge is 0.231 e. The van der Waals surface area contributed by atoms with E-state index in [0.717, 1.165) is 13.0 Å². The van der Waals surface area contributed by atoms with Crippen LogP contribution in [-0.2, 0) is 9.59 Å². The van der Waals surface area contributed by atoms with Crippen molar-refractivity contribution in [2.45, 2.75) is 20.3 Å². The van der Waals surface area contributed by atoms with Crippen LogP contribution in [0.5, 0.6) is 5.75 Å². The summed E-state index contributed by atoms with van der Waals surface area (Å²) < 4.78 is 5.26. The number of anilines is 2. The average Bonchev–Trinajstić information content (AvgIpc) is 2.87. The zero-order valence-corrected chi connectivity index (χ0v) is 12.6. The first kappa shape index (κ1) is 15.3. The van der Waals surface area contributed by atoms with Gasteiger partial charge < -0.3 is 20.7 Å². The molecule has 1 aromatic rings. The molecule has 2 amide bonds. The van der Waals surface area contributed by atoms with E-state index in [-0.39, 0.29) is 11.8 Å². The first-order valence-electron chi connectivity index (χ1n) is 6.92. The second kappa shape index (κ2) is 6.13. The minimum absolute atomic E-state index is 0.0502. The van der Waals surface area contributed by atoms with E-state index in [1.807, 2.05) is 6.92 Å². The van der Waals surface area contributed by atoms with Crippen LogP contribution in [0.3, 0.4) is 0 Å². The standard InChI is InChI=1S/C15H21N3O3/c1-10(19)17-11-4-5-13(21-3)12(8-11)18-14(20)15(2)6-7-16-9-15/h4-5,8,16H,6-7,9H2,1-3H3,(H,17,19)(H,18,20). The van der Waals surface area contributed by atoms with Gasteiger partial charge in [0.15, 0.2) is 0 Å². The summed E-state index contributed by atoms with van der Waals surface area (Å²) in [6.07, 6.45) is 0.798. The number of hydrogen-bond acceptors (Lipinski definition) is 4.